The second-order valence-corrected chi connectivity index (χ2v) is 4.32. The summed E-state index contributed by atoms with van der Waals surface area (Å²) < 4.78 is 13.4. The molecule has 1 aromatic carbocycles. The Morgan fingerprint density at radius 1 is 1.55 bits per heavy atom. The van der Waals surface area contributed by atoms with Crippen LogP contribution in [0.5, 0.6) is 0 Å². The molecule has 1 unspecified atom stereocenters. The number of aromatic carboxylic acids is 1. The molecule has 0 aliphatic carbocycles. The number of anilines is 1. The summed E-state index contributed by atoms with van der Waals surface area (Å²) in [6.07, 6.45) is 1.03. The fourth-order valence-corrected chi connectivity index (χ4v) is 1.73. The molecule has 0 fully saturated rings. The Morgan fingerprint density at radius 2 is 2.20 bits per heavy atom. The van der Waals surface area contributed by atoms with E-state index in [4.69, 9.17) is 10.2 Å². The van der Waals surface area contributed by atoms with Gasteiger partial charge >= 0.3 is 5.97 Å². The third kappa shape index (κ3) is 3.89. The average Bonchev–Trinajstić information content (AvgIpc) is 2.37. The number of carbonyl (C=O) groups is 1. The predicted octanol–water partition coefficient (Wildman–Crippen LogP) is 2.00. The number of nitro benzene ring substituents is 1. The van der Waals surface area contributed by atoms with Crippen molar-refractivity contribution in [2.75, 3.05) is 11.9 Å². The van der Waals surface area contributed by atoms with Crippen LogP contribution in [-0.2, 0) is 0 Å². The topological polar surface area (TPSA) is 113 Å². The zero-order valence-electron chi connectivity index (χ0n) is 10.8. The molecule has 0 heterocycles. The molecular weight excluding hydrogens is 271 g/mol. The van der Waals surface area contributed by atoms with Crippen molar-refractivity contribution in [3.05, 3.63) is 33.6 Å². The fourth-order valence-electron chi connectivity index (χ4n) is 1.73. The van der Waals surface area contributed by atoms with E-state index in [-0.39, 0.29) is 18.3 Å². The Kier molecular flexibility index (Phi) is 5.39. The predicted molar refractivity (Wildman–Crippen MR) is 69.4 cm³/mol. The van der Waals surface area contributed by atoms with Gasteiger partial charge in [-0.15, -0.1) is 0 Å². The molecule has 0 aliphatic heterocycles. The third-order valence-corrected chi connectivity index (χ3v) is 2.71. The van der Waals surface area contributed by atoms with E-state index < -0.39 is 28.0 Å². The molecule has 0 spiro atoms. The van der Waals surface area contributed by atoms with Crippen molar-refractivity contribution in [3.63, 3.8) is 0 Å². The number of aliphatic hydroxyl groups excluding tert-OH is 1. The van der Waals surface area contributed by atoms with Gasteiger partial charge in [-0.1, -0.05) is 0 Å². The number of nitrogens with zero attached hydrogens (tertiary/aromatic N) is 1. The SMILES string of the molecule is CC(CCCO)Nc1cc(C(=O)O)c(F)cc1[N+](=O)[O-]. The number of rotatable bonds is 7. The largest absolute Gasteiger partial charge is 0.478 e. The smallest absolute Gasteiger partial charge is 0.338 e. The van der Waals surface area contributed by atoms with Crippen molar-refractivity contribution in [2.45, 2.75) is 25.8 Å². The summed E-state index contributed by atoms with van der Waals surface area (Å²) in [7, 11) is 0. The number of nitro groups is 1. The summed E-state index contributed by atoms with van der Waals surface area (Å²) in [5, 5.41) is 31.2. The van der Waals surface area contributed by atoms with Gasteiger partial charge in [0.1, 0.15) is 11.5 Å². The molecule has 7 nitrogen and oxygen atoms in total. The van der Waals surface area contributed by atoms with E-state index in [1.165, 1.54) is 0 Å². The van der Waals surface area contributed by atoms with Crippen LogP contribution in [-0.4, -0.2) is 33.8 Å². The number of carboxylic acid groups (broad SMARTS) is 1. The van der Waals surface area contributed by atoms with Crippen LogP contribution in [0.3, 0.4) is 0 Å². The van der Waals surface area contributed by atoms with Gasteiger partial charge in [0.2, 0.25) is 0 Å². The Morgan fingerprint density at radius 3 is 2.70 bits per heavy atom. The van der Waals surface area contributed by atoms with Gasteiger partial charge in [-0.05, 0) is 25.8 Å². The Hall–Kier alpha value is -2.22. The minimum atomic E-state index is -1.50. The van der Waals surface area contributed by atoms with Crippen LogP contribution in [0.4, 0.5) is 15.8 Å². The minimum absolute atomic E-state index is 0.0160. The lowest BCUT2D eigenvalue weighted by atomic mass is 10.1. The molecule has 20 heavy (non-hydrogen) atoms. The molecular formula is C12H15FN2O5. The van der Waals surface area contributed by atoms with E-state index in [1.807, 2.05) is 0 Å². The van der Waals surface area contributed by atoms with Crippen molar-refractivity contribution in [1.29, 1.82) is 0 Å². The van der Waals surface area contributed by atoms with Crippen LogP contribution in [0, 0.1) is 15.9 Å². The quantitative estimate of drug-likeness (QED) is 0.522. The van der Waals surface area contributed by atoms with E-state index in [9.17, 15) is 19.3 Å². The second kappa shape index (κ2) is 6.80. The Labute approximate surface area is 114 Å². The lowest BCUT2D eigenvalue weighted by molar-refractivity contribution is -0.384. The highest BCUT2D eigenvalue weighted by atomic mass is 19.1. The number of hydrogen-bond acceptors (Lipinski definition) is 5. The summed E-state index contributed by atoms with van der Waals surface area (Å²) in [6.45, 7) is 1.71. The molecule has 3 N–H and O–H groups in total. The zero-order chi connectivity index (χ0) is 15.3. The van der Waals surface area contributed by atoms with Gasteiger partial charge in [-0.3, -0.25) is 10.1 Å². The highest BCUT2D eigenvalue weighted by Gasteiger charge is 2.22. The van der Waals surface area contributed by atoms with Gasteiger partial charge in [-0.25, -0.2) is 9.18 Å². The number of benzene rings is 1. The first-order valence-corrected chi connectivity index (χ1v) is 5.95. The molecule has 1 rings (SSSR count). The summed E-state index contributed by atoms with van der Waals surface area (Å²) in [6, 6.07) is 1.27. The van der Waals surface area contributed by atoms with Gasteiger partial charge in [-0.2, -0.15) is 0 Å². The highest BCUT2D eigenvalue weighted by Crippen LogP contribution is 2.28. The first kappa shape index (κ1) is 15.8. The standard InChI is InChI=1S/C12H15FN2O5/c1-7(3-2-4-16)14-10-5-8(12(17)18)9(13)6-11(10)15(19)20/h5-7,14,16H,2-4H2,1H3,(H,17,18). The van der Waals surface area contributed by atoms with Crippen molar-refractivity contribution in [1.82, 2.24) is 0 Å². The summed E-state index contributed by atoms with van der Waals surface area (Å²) in [4.78, 5) is 20.9. The lowest BCUT2D eigenvalue weighted by Crippen LogP contribution is -2.17. The van der Waals surface area contributed by atoms with Crippen LogP contribution in [0.1, 0.15) is 30.1 Å². The number of hydrogen-bond donors (Lipinski definition) is 3. The summed E-state index contributed by atoms with van der Waals surface area (Å²) in [5.74, 6) is -2.65. The molecule has 1 aromatic rings. The Balaban J connectivity index is 3.11. The second-order valence-electron chi connectivity index (χ2n) is 4.32. The zero-order valence-corrected chi connectivity index (χ0v) is 10.8. The number of halogens is 1. The van der Waals surface area contributed by atoms with Gasteiger partial charge in [0.25, 0.3) is 5.69 Å². The maximum atomic E-state index is 13.4. The van der Waals surface area contributed by atoms with Crippen molar-refractivity contribution in [2.24, 2.45) is 0 Å². The normalized spacial score (nSPS) is 11.9. The van der Waals surface area contributed by atoms with Crippen molar-refractivity contribution >= 4 is 17.3 Å². The van der Waals surface area contributed by atoms with Crippen LogP contribution in [0.25, 0.3) is 0 Å². The van der Waals surface area contributed by atoms with E-state index >= 15 is 0 Å². The molecule has 0 amide bonds. The molecule has 0 saturated heterocycles. The number of nitrogens with one attached hydrogen (secondary N) is 1. The molecule has 0 aromatic heterocycles. The maximum absolute atomic E-state index is 13.4. The lowest BCUT2D eigenvalue weighted by Gasteiger charge is -2.15. The Bertz CT molecular complexity index is 521. The number of aliphatic hydroxyl groups is 1. The average molecular weight is 286 g/mol. The summed E-state index contributed by atoms with van der Waals surface area (Å²) >= 11 is 0. The van der Waals surface area contributed by atoms with E-state index in [0.29, 0.717) is 18.9 Å². The molecule has 1 atom stereocenters. The molecule has 110 valence electrons. The van der Waals surface area contributed by atoms with Gasteiger partial charge in [0, 0.05) is 12.6 Å². The first-order chi connectivity index (χ1) is 9.36. The van der Waals surface area contributed by atoms with Crippen molar-refractivity contribution < 1.29 is 24.3 Å². The maximum Gasteiger partial charge on any atom is 0.338 e. The van der Waals surface area contributed by atoms with Gasteiger partial charge < -0.3 is 15.5 Å². The third-order valence-electron chi connectivity index (χ3n) is 2.71. The van der Waals surface area contributed by atoms with Crippen LogP contribution in [0.15, 0.2) is 12.1 Å². The minimum Gasteiger partial charge on any atom is -0.478 e. The van der Waals surface area contributed by atoms with Gasteiger partial charge in [0.05, 0.1) is 16.6 Å². The molecule has 0 radical (unpaired) electrons. The monoisotopic (exact) mass is 286 g/mol. The highest BCUT2D eigenvalue weighted by molar-refractivity contribution is 5.90. The van der Waals surface area contributed by atoms with Gasteiger partial charge in [0.15, 0.2) is 0 Å². The number of carboxylic acids is 1. The van der Waals surface area contributed by atoms with E-state index in [0.717, 1.165) is 6.07 Å². The van der Waals surface area contributed by atoms with Crippen LogP contribution < -0.4 is 5.32 Å². The van der Waals surface area contributed by atoms with E-state index in [2.05, 4.69) is 5.32 Å². The molecule has 0 bridgehead atoms. The van der Waals surface area contributed by atoms with Crippen LogP contribution in [0.2, 0.25) is 0 Å². The van der Waals surface area contributed by atoms with E-state index in [1.54, 1.807) is 6.92 Å². The van der Waals surface area contributed by atoms with Crippen LogP contribution >= 0.6 is 0 Å². The van der Waals surface area contributed by atoms with Crippen molar-refractivity contribution in [3.8, 4) is 0 Å². The molecule has 0 saturated carbocycles. The summed E-state index contributed by atoms with van der Waals surface area (Å²) in [5.41, 5.74) is -1.21. The molecule has 0 aliphatic rings. The fraction of sp³-hybridized carbons (Fsp3) is 0.417. The molecule has 8 heteroatoms. The first-order valence-electron chi connectivity index (χ1n) is 5.95.